The van der Waals surface area contributed by atoms with Gasteiger partial charge in [-0.3, -0.25) is 29.4 Å². The van der Waals surface area contributed by atoms with Crippen LogP contribution < -0.4 is 10.6 Å². The van der Waals surface area contributed by atoms with Crippen molar-refractivity contribution in [2.45, 2.75) is 25.8 Å². The molecule has 0 spiro atoms. The van der Waals surface area contributed by atoms with Gasteiger partial charge < -0.3 is 47.9 Å². The number of amides is 4. The zero-order chi connectivity index (χ0) is 34.9. The maximum Gasteiger partial charge on any atom is 0.264 e. The van der Waals surface area contributed by atoms with Crippen LogP contribution in [0, 0.1) is 0 Å². The van der Waals surface area contributed by atoms with E-state index in [1.54, 1.807) is 18.2 Å². The Kier molecular flexibility index (Phi) is 20.6. The fraction of sp³-hybridized carbons (Fsp3) is 0.697. The first-order chi connectivity index (χ1) is 24.0. The summed E-state index contributed by atoms with van der Waals surface area (Å²) < 4.78 is 48.9. The molecular formula is C33H51N3O13. The Bertz CT molecular complexity index is 1140. The van der Waals surface area contributed by atoms with Gasteiger partial charge in [0.1, 0.15) is 6.04 Å². The number of piperidine rings is 1. The highest BCUT2D eigenvalue weighted by Crippen LogP contribution is 2.32. The summed E-state index contributed by atoms with van der Waals surface area (Å²) in [5.74, 6) is -2.16. The van der Waals surface area contributed by atoms with Crippen LogP contribution in [0.25, 0.3) is 0 Å². The van der Waals surface area contributed by atoms with Crippen molar-refractivity contribution in [1.29, 1.82) is 0 Å². The molecule has 16 heteroatoms. The topological polar surface area (TPSA) is 179 Å². The molecule has 276 valence electrons. The van der Waals surface area contributed by atoms with Crippen molar-refractivity contribution in [1.82, 2.24) is 10.2 Å². The number of imide groups is 2. The van der Waals surface area contributed by atoms with Gasteiger partial charge in [-0.05, 0) is 25.5 Å². The summed E-state index contributed by atoms with van der Waals surface area (Å²) in [7, 11) is 0. The molecule has 1 aromatic rings. The molecular weight excluding hydrogens is 646 g/mol. The SMILES string of the molecule is CCOCCOCCOCCOCCOCCOCCOCCOCCOCCNc1cccc2c1C(=O)N(C1CCC(=O)NC1=O)C2=O. The molecule has 0 saturated carbocycles. The van der Waals surface area contributed by atoms with Crippen molar-refractivity contribution in [3.8, 4) is 0 Å². The van der Waals surface area contributed by atoms with Crippen LogP contribution in [0.3, 0.4) is 0 Å². The number of rotatable bonds is 30. The first-order valence-electron chi connectivity index (χ1n) is 16.8. The number of carbonyl (C=O) groups is 4. The summed E-state index contributed by atoms with van der Waals surface area (Å²) in [6, 6.07) is 3.91. The molecule has 4 amide bonds. The second-order valence-electron chi connectivity index (χ2n) is 10.7. The molecule has 0 radical (unpaired) electrons. The molecule has 1 unspecified atom stereocenters. The minimum absolute atomic E-state index is 0.0682. The maximum atomic E-state index is 13.1. The van der Waals surface area contributed by atoms with E-state index in [2.05, 4.69) is 10.6 Å². The summed E-state index contributed by atoms with van der Waals surface area (Å²) in [4.78, 5) is 50.8. The van der Waals surface area contributed by atoms with Gasteiger partial charge in [0.05, 0.1) is 123 Å². The Labute approximate surface area is 287 Å². The molecule has 1 fully saturated rings. The smallest absolute Gasteiger partial charge is 0.264 e. The molecule has 1 atom stereocenters. The van der Waals surface area contributed by atoms with Gasteiger partial charge in [0.2, 0.25) is 11.8 Å². The van der Waals surface area contributed by atoms with Crippen LogP contribution >= 0.6 is 0 Å². The van der Waals surface area contributed by atoms with Crippen molar-refractivity contribution in [3.63, 3.8) is 0 Å². The summed E-state index contributed by atoms with van der Waals surface area (Å²) >= 11 is 0. The largest absolute Gasteiger partial charge is 0.382 e. The highest BCUT2D eigenvalue weighted by atomic mass is 16.6. The van der Waals surface area contributed by atoms with Crippen LogP contribution in [0.4, 0.5) is 5.69 Å². The van der Waals surface area contributed by atoms with E-state index in [4.69, 9.17) is 42.6 Å². The minimum Gasteiger partial charge on any atom is -0.382 e. The highest BCUT2D eigenvalue weighted by molar-refractivity contribution is 6.25. The van der Waals surface area contributed by atoms with Crippen molar-refractivity contribution >= 4 is 29.3 Å². The van der Waals surface area contributed by atoms with Crippen LogP contribution in [0.2, 0.25) is 0 Å². The Morgan fingerprint density at radius 2 is 1.08 bits per heavy atom. The number of hydrogen-bond donors (Lipinski definition) is 2. The summed E-state index contributed by atoms with van der Waals surface area (Å²) in [6.07, 6.45) is 0.175. The van der Waals surface area contributed by atoms with E-state index in [0.29, 0.717) is 131 Å². The standard InChI is InChI=1S/C33H51N3O13/c1-2-41-10-11-43-14-15-45-18-19-47-22-23-49-25-24-48-21-20-46-17-16-44-13-12-42-9-8-34-27-5-3-4-26-30(27)33(40)36(32(26)39)28-6-7-29(37)35-31(28)38/h3-5,28,34H,2,6-25H2,1H3,(H,35,37,38). The molecule has 0 aromatic heterocycles. The van der Waals surface area contributed by atoms with E-state index in [0.717, 1.165) is 4.90 Å². The lowest BCUT2D eigenvalue weighted by Gasteiger charge is -2.27. The zero-order valence-electron chi connectivity index (χ0n) is 28.4. The van der Waals surface area contributed by atoms with Crippen LogP contribution in [-0.4, -0.2) is 160 Å². The minimum atomic E-state index is -1.01. The van der Waals surface area contributed by atoms with Crippen LogP contribution in [0.1, 0.15) is 40.5 Å². The quantitative estimate of drug-likeness (QED) is 0.0847. The molecule has 2 heterocycles. The Morgan fingerprint density at radius 1 is 0.633 bits per heavy atom. The number of nitrogens with one attached hydrogen (secondary N) is 2. The second kappa shape index (κ2) is 25.0. The van der Waals surface area contributed by atoms with E-state index in [1.165, 1.54) is 0 Å². The molecule has 2 N–H and O–H groups in total. The van der Waals surface area contributed by atoms with E-state index in [1.807, 2.05) is 6.92 Å². The molecule has 2 aliphatic heterocycles. The summed E-state index contributed by atoms with van der Waals surface area (Å²) in [6.45, 7) is 11.1. The van der Waals surface area contributed by atoms with Crippen LogP contribution in [-0.2, 0) is 52.2 Å². The number of hydrogen-bond acceptors (Lipinski definition) is 14. The normalized spacial score (nSPS) is 16.0. The lowest BCUT2D eigenvalue weighted by molar-refractivity contribution is -0.136. The summed E-state index contributed by atoms with van der Waals surface area (Å²) in [5, 5.41) is 5.33. The fourth-order valence-corrected chi connectivity index (χ4v) is 4.82. The number of fused-ring (bicyclic) bond motifs is 1. The van der Waals surface area contributed by atoms with E-state index >= 15 is 0 Å². The predicted octanol–water partition coefficient (Wildman–Crippen LogP) is 0.669. The Balaban J connectivity index is 1.07. The first kappa shape index (κ1) is 40.4. The number of carbonyl (C=O) groups excluding carboxylic acids is 4. The fourth-order valence-electron chi connectivity index (χ4n) is 4.82. The molecule has 0 bridgehead atoms. The monoisotopic (exact) mass is 697 g/mol. The lowest BCUT2D eigenvalue weighted by Crippen LogP contribution is -2.54. The number of nitrogens with zero attached hydrogens (tertiary/aromatic N) is 1. The number of anilines is 1. The average molecular weight is 698 g/mol. The molecule has 0 aliphatic carbocycles. The van der Waals surface area contributed by atoms with E-state index in [-0.39, 0.29) is 24.0 Å². The van der Waals surface area contributed by atoms with Crippen molar-refractivity contribution < 1.29 is 61.8 Å². The number of ether oxygens (including phenoxy) is 9. The van der Waals surface area contributed by atoms with Crippen molar-refractivity contribution in [2.24, 2.45) is 0 Å². The molecule has 49 heavy (non-hydrogen) atoms. The van der Waals surface area contributed by atoms with Gasteiger partial charge in [-0.15, -0.1) is 0 Å². The van der Waals surface area contributed by atoms with Crippen molar-refractivity contribution in [2.75, 3.05) is 131 Å². The molecule has 1 saturated heterocycles. The zero-order valence-corrected chi connectivity index (χ0v) is 28.4. The second-order valence-corrected chi connectivity index (χ2v) is 10.7. The van der Waals surface area contributed by atoms with Gasteiger partial charge in [0.15, 0.2) is 0 Å². The van der Waals surface area contributed by atoms with Crippen LogP contribution in [0.15, 0.2) is 18.2 Å². The Hall–Kier alpha value is -3.06. The van der Waals surface area contributed by atoms with Gasteiger partial charge in [-0.2, -0.15) is 0 Å². The average Bonchev–Trinajstić information content (AvgIpc) is 3.35. The van der Waals surface area contributed by atoms with Gasteiger partial charge in [0.25, 0.3) is 11.8 Å². The third kappa shape index (κ3) is 15.2. The first-order valence-corrected chi connectivity index (χ1v) is 16.8. The Morgan fingerprint density at radius 3 is 1.53 bits per heavy atom. The van der Waals surface area contributed by atoms with Crippen molar-refractivity contribution in [3.05, 3.63) is 29.3 Å². The molecule has 16 nitrogen and oxygen atoms in total. The van der Waals surface area contributed by atoms with Crippen LogP contribution in [0.5, 0.6) is 0 Å². The predicted molar refractivity (Wildman–Crippen MR) is 175 cm³/mol. The third-order valence-corrected chi connectivity index (χ3v) is 7.21. The maximum absolute atomic E-state index is 13.1. The van der Waals surface area contributed by atoms with E-state index < -0.39 is 29.7 Å². The van der Waals surface area contributed by atoms with Gasteiger partial charge in [-0.1, -0.05) is 6.07 Å². The molecule has 2 aliphatic rings. The van der Waals surface area contributed by atoms with E-state index in [9.17, 15) is 19.2 Å². The molecule has 3 rings (SSSR count). The highest BCUT2D eigenvalue weighted by Gasteiger charge is 2.45. The van der Waals surface area contributed by atoms with Gasteiger partial charge >= 0.3 is 0 Å². The third-order valence-electron chi connectivity index (χ3n) is 7.21. The summed E-state index contributed by atoms with van der Waals surface area (Å²) in [5.41, 5.74) is 0.915. The lowest BCUT2D eigenvalue weighted by atomic mass is 10.0. The molecule has 1 aromatic carbocycles. The van der Waals surface area contributed by atoms with Gasteiger partial charge in [-0.25, -0.2) is 0 Å². The van der Waals surface area contributed by atoms with Gasteiger partial charge in [0, 0.05) is 25.3 Å². The number of benzene rings is 1.